The topological polar surface area (TPSA) is 41.9 Å². The van der Waals surface area contributed by atoms with Gasteiger partial charge in [0.25, 0.3) is 0 Å². The molecule has 0 saturated heterocycles. The van der Waals surface area contributed by atoms with Crippen molar-refractivity contribution >= 4 is 34.8 Å². The largest absolute Gasteiger partial charge is 0.390 e. The van der Waals surface area contributed by atoms with Gasteiger partial charge in [-0.05, 0) is 35.7 Å². The number of benzene rings is 2. The predicted molar refractivity (Wildman–Crippen MR) is 114 cm³/mol. The van der Waals surface area contributed by atoms with Crippen LogP contribution in [-0.2, 0) is 16.2 Å². The quantitative estimate of drug-likeness (QED) is 0.558. The third-order valence-electron chi connectivity index (χ3n) is 4.61. The van der Waals surface area contributed by atoms with Crippen LogP contribution in [0.4, 0.5) is 4.39 Å². The van der Waals surface area contributed by atoms with E-state index in [9.17, 15) is 9.18 Å². The van der Waals surface area contributed by atoms with Gasteiger partial charge in [-0.25, -0.2) is 4.39 Å². The van der Waals surface area contributed by atoms with E-state index in [1.165, 1.54) is 12.1 Å². The summed E-state index contributed by atoms with van der Waals surface area (Å²) in [5, 5.41) is 5.10. The van der Waals surface area contributed by atoms with Crippen molar-refractivity contribution in [3.63, 3.8) is 0 Å². The Balaban J connectivity index is 1.69. The summed E-state index contributed by atoms with van der Waals surface area (Å²) in [6.07, 6.45) is 0.693. The molecule has 2 aromatic carbocycles. The number of nitrogens with zero attached hydrogens (tertiary/aromatic N) is 2. The van der Waals surface area contributed by atoms with E-state index in [0.717, 1.165) is 16.8 Å². The van der Waals surface area contributed by atoms with Crippen LogP contribution in [0.5, 0.6) is 0 Å². The zero-order chi connectivity index (χ0) is 21.0. The second kappa shape index (κ2) is 9.59. The molecule has 2 aromatic rings. The van der Waals surface area contributed by atoms with Crippen LogP contribution in [0.25, 0.3) is 0 Å². The highest BCUT2D eigenvalue weighted by Crippen LogP contribution is 2.26. The highest BCUT2D eigenvalue weighted by atomic mass is 35.5. The summed E-state index contributed by atoms with van der Waals surface area (Å²) in [5.74, 6) is -0.0815. The molecule has 1 unspecified atom stereocenters. The summed E-state index contributed by atoms with van der Waals surface area (Å²) in [6, 6.07) is 11.6. The van der Waals surface area contributed by atoms with Crippen molar-refractivity contribution in [3.8, 4) is 0 Å². The van der Waals surface area contributed by atoms with Gasteiger partial charge in [0.1, 0.15) is 5.82 Å². The smallest absolute Gasteiger partial charge is 0.223 e. The van der Waals surface area contributed by atoms with Crippen LogP contribution in [0, 0.1) is 11.7 Å². The Bertz CT molecular complexity index is 917. The summed E-state index contributed by atoms with van der Waals surface area (Å²) in [4.78, 5) is 20.1. The highest BCUT2D eigenvalue weighted by molar-refractivity contribution is 6.42. The molecule has 0 saturated carbocycles. The number of hydrogen-bond donors (Lipinski definition) is 0. The Morgan fingerprint density at radius 3 is 2.72 bits per heavy atom. The normalized spacial score (nSPS) is 15.9. The molecule has 0 radical (unpaired) electrons. The SMILES string of the molecule is CC(C)CC(=O)N(Cc1cccc(F)c1)CC1CC(c2ccc(Cl)c(Cl)c2)=NO1. The molecule has 1 aliphatic rings. The highest BCUT2D eigenvalue weighted by Gasteiger charge is 2.27. The van der Waals surface area contributed by atoms with Crippen LogP contribution in [0.2, 0.25) is 10.0 Å². The minimum Gasteiger partial charge on any atom is -0.390 e. The first-order chi connectivity index (χ1) is 13.8. The molecular formula is C22H23Cl2FN2O2. The van der Waals surface area contributed by atoms with Crippen molar-refractivity contribution in [1.82, 2.24) is 4.90 Å². The van der Waals surface area contributed by atoms with Gasteiger partial charge >= 0.3 is 0 Å². The van der Waals surface area contributed by atoms with Crippen molar-refractivity contribution in [1.29, 1.82) is 0 Å². The second-order valence-corrected chi connectivity index (χ2v) is 8.41. The maximum Gasteiger partial charge on any atom is 0.223 e. The van der Waals surface area contributed by atoms with Crippen LogP contribution >= 0.6 is 23.2 Å². The van der Waals surface area contributed by atoms with Crippen molar-refractivity contribution in [2.24, 2.45) is 11.1 Å². The van der Waals surface area contributed by atoms with Crippen molar-refractivity contribution in [3.05, 3.63) is 69.5 Å². The van der Waals surface area contributed by atoms with Crippen molar-refractivity contribution in [2.45, 2.75) is 39.3 Å². The lowest BCUT2D eigenvalue weighted by Gasteiger charge is -2.26. The van der Waals surface area contributed by atoms with Gasteiger partial charge < -0.3 is 9.74 Å². The molecule has 154 valence electrons. The monoisotopic (exact) mass is 436 g/mol. The van der Waals surface area contributed by atoms with Crippen LogP contribution in [0.3, 0.4) is 0 Å². The zero-order valence-electron chi connectivity index (χ0n) is 16.4. The number of rotatable bonds is 7. The molecule has 0 aliphatic carbocycles. The fourth-order valence-corrected chi connectivity index (χ4v) is 3.50. The second-order valence-electron chi connectivity index (χ2n) is 7.60. The molecule has 0 aromatic heterocycles. The van der Waals surface area contributed by atoms with E-state index in [-0.39, 0.29) is 23.7 Å². The van der Waals surface area contributed by atoms with E-state index < -0.39 is 0 Å². The molecule has 7 heteroatoms. The van der Waals surface area contributed by atoms with Gasteiger partial charge in [-0.1, -0.05) is 60.4 Å². The molecule has 1 heterocycles. The zero-order valence-corrected chi connectivity index (χ0v) is 17.9. The third-order valence-corrected chi connectivity index (χ3v) is 5.35. The average molecular weight is 437 g/mol. The van der Waals surface area contributed by atoms with Crippen LogP contribution in [0.15, 0.2) is 47.6 Å². The molecule has 3 rings (SSSR count). The van der Waals surface area contributed by atoms with Crippen LogP contribution in [0.1, 0.15) is 37.8 Å². The lowest BCUT2D eigenvalue weighted by atomic mass is 10.0. The molecule has 1 aliphatic heterocycles. The number of hydrogen-bond acceptors (Lipinski definition) is 3. The van der Waals surface area contributed by atoms with E-state index in [1.807, 2.05) is 26.0 Å². The van der Waals surface area contributed by atoms with Gasteiger partial charge in [-0.2, -0.15) is 0 Å². The van der Waals surface area contributed by atoms with E-state index in [2.05, 4.69) is 5.16 Å². The minimum atomic E-state index is -0.318. The number of amides is 1. The molecule has 0 fully saturated rings. The van der Waals surface area contributed by atoms with E-state index in [0.29, 0.717) is 36.0 Å². The maximum atomic E-state index is 13.6. The fraction of sp³-hybridized carbons (Fsp3) is 0.364. The molecule has 4 nitrogen and oxygen atoms in total. The summed E-state index contributed by atoms with van der Waals surface area (Å²) < 4.78 is 13.6. The Labute approximate surface area is 180 Å². The first kappa shape index (κ1) is 21.6. The molecule has 0 N–H and O–H groups in total. The van der Waals surface area contributed by atoms with Gasteiger partial charge in [0.15, 0.2) is 6.10 Å². The summed E-state index contributed by atoms with van der Waals surface area (Å²) >= 11 is 12.1. The predicted octanol–water partition coefficient (Wildman–Crippen LogP) is 5.70. The van der Waals surface area contributed by atoms with Crippen molar-refractivity contribution in [2.75, 3.05) is 6.54 Å². The fourth-order valence-electron chi connectivity index (χ4n) is 3.21. The molecule has 0 bridgehead atoms. The summed E-state index contributed by atoms with van der Waals surface area (Å²) in [5.41, 5.74) is 2.34. The molecular weight excluding hydrogens is 414 g/mol. The summed E-state index contributed by atoms with van der Waals surface area (Å²) in [7, 11) is 0. The average Bonchev–Trinajstić information content (AvgIpc) is 3.11. The lowest BCUT2D eigenvalue weighted by molar-refractivity contribution is -0.134. The Kier molecular flexibility index (Phi) is 7.14. The number of halogens is 3. The molecule has 29 heavy (non-hydrogen) atoms. The van der Waals surface area contributed by atoms with Crippen molar-refractivity contribution < 1.29 is 14.0 Å². The van der Waals surface area contributed by atoms with Gasteiger partial charge in [-0.3, -0.25) is 4.79 Å². The van der Waals surface area contributed by atoms with Gasteiger partial charge in [0, 0.05) is 24.9 Å². The standard InChI is InChI=1S/C22H23Cl2FN2O2/c1-14(2)8-22(28)27(12-15-4-3-5-17(25)9-15)13-18-11-21(26-29-18)16-6-7-19(23)20(24)10-16/h3-7,9-10,14,18H,8,11-13H2,1-2H3. The Hall–Kier alpha value is -2.11. The number of carbonyl (C=O) groups excluding carboxylic acids is 1. The van der Waals surface area contributed by atoms with Crippen LogP contribution in [-0.4, -0.2) is 29.2 Å². The molecule has 0 spiro atoms. The lowest BCUT2D eigenvalue weighted by Crippen LogP contribution is -2.37. The van der Waals surface area contributed by atoms with Gasteiger partial charge in [-0.15, -0.1) is 0 Å². The van der Waals surface area contributed by atoms with Crippen LogP contribution < -0.4 is 0 Å². The molecule has 1 amide bonds. The van der Waals surface area contributed by atoms with Gasteiger partial charge in [0.2, 0.25) is 5.91 Å². The molecule has 1 atom stereocenters. The first-order valence-electron chi connectivity index (χ1n) is 9.52. The Morgan fingerprint density at radius 2 is 2.03 bits per heavy atom. The number of carbonyl (C=O) groups is 1. The Morgan fingerprint density at radius 1 is 1.24 bits per heavy atom. The minimum absolute atomic E-state index is 0.0100. The van der Waals surface area contributed by atoms with E-state index in [1.54, 1.807) is 23.1 Å². The van der Waals surface area contributed by atoms with E-state index in [4.69, 9.17) is 28.0 Å². The first-order valence-corrected chi connectivity index (χ1v) is 10.3. The maximum absolute atomic E-state index is 13.6. The van der Waals surface area contributed by atoms with E-state index >= 15 is 0 Å². The van der Waals surface area contributed by atoms with Gasteiger partial charge in [0.05, 0.1) is 22.3 Å². The summed E-state index contributed by atoms with van der Waals surface area (Å²) in [6.45, 7) is 4.69. The third kappa shape index (κ3) is 5.94. The number of oxime groups is 1.